The van der Waals surface area contributed by atoms with Crippen LogP contribution in [-0.2, 0) is 6.54 Å². The quantitative estimate of drug-likeness (QED) is 0.645. The average molecular weight is 350 g/mol. The van der Waals surface area contributed by atoms with E-state index in [1.807, 2.05) is 48.7 Å². The van der Waals surface area contributed by atoms with Gasteiger partial charge in [-0.1, -0.05) is 41.8 Å². The molecule has 0 aliphatic carbocycles. The summed E-state index contributed by atoms with van der Waals surface area (Å²) in [6.45, 7) is 4.42. The van der Waals surface area contributed by atoms with Crippen LogP contribution >= 0.6 is 11.3 Å². The Kier molecular flexibility index (Phi) is 5.01. The van der Waals surface area contributed by atoms with Crippen molar-refractivity contribution in [3.05, 3.63) is 64.4 Å². The molecule has 0 aliphatic rings. The number of aryl methyl sites for hydroxylation is 2. The lowest BCUT2D eigenvalue weighted by Crippen LogP contribution is -2.31. The first-order chi connectivity index (χ1) is 12.1. The average Bonchev–Trinajstić information content (AvgIpc) is 3.25. The van der Waals surface area contributed by atoms with Crippen molar-refractivity contribution >= 4 is 17.2 Å². The molecule has 2 heterocycles. The summed E-state index contributed by atoms with van der Waals surface area (Å²) in [5.74, 6) is 3.30. The molecule has 2 aromatic heterocycles. The zero-order valence-corrected chi connectivity index (χ0v) is 15.0. The molecular weight excluding hydrogens is 332 g/mol. The fraction of sp³-hybridized carbons (Fsp3) is 0.200. The molecule has 0 spiro atoms. The van der Waals surface area contributed by atoms with E-state index < -0.39 is 0 Å². The molecule has 0 saturated carbocycles. The van der Waals surface area contributed by atoms with Crippen molar-refractivity contribution in [1.82, 2.24) is 9.88 Å². The molecule has 3 aromatic rings. The highest BCUT2D eigenvalue weighted by atomic mass is 32.1. The number of nitrogens with zero attached hydrogens (tertiary/aromatic N) is 2. The van der Waals surface area contributed by atoms with E-state index in [2.05, 4.69) is 10.9 Å². The molecule has 126 valence electrons. The van der Waals surface area contributed by atoms with Crippen LogP contribution in [0.3, 0.4) is 0 Å². The largest absolute Gasteiger partial charge is 0.440 e. The first-order valence-corrected chi connectivity index (χ1v) is 8.76. The SMILES string of the molecule is C#CCN(Cc1ccc(C)cc1)C(=O)c1nc(-c2cccs2)oc1C. The number of hydrogen-bond acceptors (Lipinski definition) is 4. The van der Waals surface area contributed by atoms with Gasteiger partial charge in [0.25, 0.3) is 5.91 Å². The number of oxazole rings is 1. The van der Waals surface area contributed by atoms with Crippen molar-refractivity contribution in [3.63, 3.8) is 0 Å². The van der Waals surface area contributed by atoms with Gasteiger partial charge in [-0.15, -0.1) is 17.8 Å². The Labute approximate surface area is 151 Å². The number of amides is 1. The van der Waals surface area contributed by atoms with Gasteiger partial charge in [-0.2, -0.15) is 0 Å². The van der Waals surface area contributed by atoms with Crippen LogP contribution in [0.1, 0.15) is 27.4 Å². The predicted molar refractivity (Wildman–Crippen MR) is 99.3 cm³/mol. The van der Waals surface area contributed by atoms with Gasteiger partial charge in [-0.05, 0) is 30.9 Å². The molecule has 0 aliphatic heterocycles. The van der Waals surface area contributed by atoms with Crippen molar-refractivity contribution in [2.24, 2.45) is 0 Å². The number of rotatable bonds is 5. The minimum atomic E-state index is -0.220. The summed E-state index contributed by atoms with van der Waals surface area (Å²) in [6.07, 6.45) is 5.46. The standard InChI is InChI=1S/C20H18N2O2S/c1-4-11-22(13-16-9-7-14(2)8-10-16)20(23)18-15(3)24-19(21-18)17-6-5-12-25-17/h1,5-10,12H,11,13H2,2-3H3. The highest BCUT2D eigenvalue weighted by Crippen LogP contribution is 2.26. The first kappa shape index (κ1) is 17.0. The van der Waals surface area contributed by atoms with Gasteiger partial charge in [0.15, 0.2) is 5.69 Å². The van der Waals surface area contributed by atoms with Gasteiger partial charge in [-0.3, -0.25) is 4.79 Å². The van der Waals surface area contributed by atoms with Crippen molar-refractivity contribution in [2.45, 2.75) is 20.4 Å². The Bertz CT molecular complexity index is 902. The van der Waals surface area contributed by atoms with Crippen LogP contribution in [0.15, 0.2) is 46.2 Å². The van der Waals surface area contributed by atoms with E-state index in [-0.39, 0.29) is 12.5 Å². The van der Waals surface area contributed by atoms with Crippen molar-refractivity contribution < 1.29 is 9.21 Å². The van der Waals surface area contributed by atoms with E-state index >= 15 is 0 Å². The molecule has 25 heavy (non-hydrogen) atoms. The van der Waals surface area contributed by atoms with Gasteiger partial charge in [0.2, 0.25) is 5.89 Å². The van der Waals surface area contributed by atoms with Gasteiger partial charge in [0, 0.05) is 6.54 Å². The van der Waals surface area contributed by atoms with E-state index in [9.17, 15) is 4.79 Å². The fourth-order valence-corrected chi connectivity index (χ4v) is 3.12. The molecule has 0 saturated heterocycles. The van der Waals surface area contributed by atoms with Crippen LogP contribution in [-0.4, -0.2) is 22.3 Å². The van der Waals surface area contributed by atoms with Crippen molar-refractivity contribution in [2.75, 3.05) is 6.54 Å². The normalized spacial score (nSPS) is 10.4. The maximum absolute atomic E-state index is 12.9. The Hall–Kier alpha value is -2.84. The van der Waals surface area contributed by atoms with Crippen LogP contribution in [0, 0.1) is 26.2 Å². The number of hydrogen-bond donors (Lipinski definition) is 0. The maximum atomic E-state index is 12.9. The second-order valence-electron chi connectivity index (χ2n) is 5.75. The highest BCUT2D eigenvalue weighted by Gasteiger charge is 2.23. The van der Waals surface area contributed by atoms with Crippen LogP contribution < -0.4 is 0 Å². The van der Waals surface area contributed by atoms with Crippen molar-refractivity contribution in [1.29, 1.82) is 0 Å². The zero-order valence-electron chi connectivity index (χ0n) is 14.2. The third-order valence-corrected chi connectivity index (χ3v) is 4.65. The summed E-state index contributed by atoms with van der Waals surface area (Å²) >= 11 is 1.52. The molecule has 0 atom stereocenters. The molecule has 3 rings (SSSR count). The number of aromatic nitrogens is 1. The molecule has 5 heteroatoms. The molecule has 4 nitrogen and oxygen atoms in total. The number of carbonyl (C=O) groups excluding carboxylic acids is 1. The number of thiophene rings is 1. The van der Waals surface area contributed by atoms with Crippen LogP contribution in [0.5, 0.6) is 0 Å². The van der Waals surface area contributed by atoms with Crippen LogP contribution in [0.4, 0.5) is 0 Å². The van der Waals surface area contributed by atoms with E-state index in [0.717, 1.165) is 10.4 Å². The van der Waals surface area contributed by atoms with E-state index in [4.69, 9.17) is 10.8 Å². The smallest absolute Gasteiger partial charge is 0.277 e. The lowest BCUT2D eigenvalue weighted by Gasteiger charge is -2.19. The minimum absolute atomic E-state index is 0.216. The lowest BCUT2D eigenvalue weighted by molar-refractivity contribution is 0.0759. The summed E-state index contributed by atoms with van der Waals surface area (Å²) in [4.78, 5) is 19.8. The molecule has 1 amide bonds. The Balaban J connectivity index is 1.85. The van der Waals surface area contributed by atoms with Gasteiger partial charge in [0.1, 0.15) is 5.76 Å². The van der Waals surface area contributed by atoms with Gasteiger partial charge < -0.3 is 9.32 Å². The topological polar surface area (TPSA) is 46.3 Å². The Morgan fingerprint density at radius 1 is 1.28 bits per heavy atom. The summed E-state index contributed by atoms with van der Waals surface area (Å²) in [7, 11) is 0. The maximum Gasteiger partial charge on any atom is 0.277 e. The minimum Gasteiger partial charge on any atom is -0.440 e. The highest BCUT2D eigenvalue weighted by molar-refractivity contribution is 7.13. The third kappa shape index (κ3) is 3.81. The fourth-order valence-electron chi connectivity index (χ4n) is 2.47. The van der Waals surface area contributed by atoms with E-state index in [1.165, 1.54) is 16.9 Å². The van der Waals surface area contributed by atoms with Crippen LogP contribution in [0.25, 0.3) is 10.8 Å². The number of terminal acetylenes is 1. The van der Waals surface area contributed by atoms with Crippen molar-refractivity contribution in [3.8, 4) is 23.1 Å². The molecule has 0 fully saturated rings. The third-order valence-electron chi connectivity index (χ3n) is 3.79. The van der Waals surface area contributed by atoms with E-state index in [1.54, 1.807) is 11.8 Å². The molecule has 0 bridgehead atoms. The van der Waals surface area contributed by atoms with Gasteiger partial charge in [0.05, 0.1) is 11.4 Å². The summed E-state index contributed by atoms with van der Waals surface area (Å²) in [5.41, 5.74) is 2.51. The Morgan fingerprint density at radius 2 is 2.04 bits per heavy atom. The molecule has 1 aromatic carbocycles. The predicted octanol–water partition coefficient (Wildman–Crippen LogP) is 4.30. The zero-order chi connectivity index (χ0) is 17.8. The monoisotopic (exact) mass is 350 g/mol. The summed E-state index contributed by atoms with van der Waals surface area (Å²) in [6, 6.07) is 11.9. The van der Waals surface area contributed by atoms with Crippen LogP contribution in [0.2, 0.25) is 0 Å². The van der Waals surface area contributed by atoms with E-state index in [0.29, 0.717) is 23.9 Å². The second kappa shape index (κ2) is 7.37. The second-order valence-corrected chi connectivity index (χ2v) is 6.70. The van der Waals surface area contributed by atoms with Gasteiger partial charge in [-0.25, -0.2) is 4.98 Å². The number of carbonyl (C=O) groups is 1. The molecular formula is C20H18N2O2S. The first-order valence-electron chi connectivity index (χ1n) is 7.88. The molecule has 0 N–H and O–H groups in total. The lowest BCUT2D eigenvalue weighted by atomic mass is 10.1. The summed E-state index contributed by atoms with van der Waals surface area (Å²) in [5, 5.41) is 1.94. The number of benzene rings is 1. The molecule has 0 unspecified atom stereocenters. The Morgan fingerprint density at radius 3 is 2.68 bits per heavy atom. The van der Waals surface area contributed by atoms with Gasteiger partial charge >= 0.3 is 0 Å². The molecule has 0 radical (unpaired) electrons. The summed E-state index contributed by atoms with van der Waals surface area (Å²) < 4.78 is 5.67.